The minimum Gasteiger partial charge on any atom is -0.356 e. The zero-order chi connectivity index (χ0) is 11.0. The molecule has 0 saturated carbocycles. The van der Waals surface area contributed by atoms with Crippen LogP contribution in [-0.2, 0) is 19.1 Å². The van der Waals surface area contributed by atoms with Gasteiger partial charge in [0.25, 0.3) is 0 Å². The maximum atomic E-state index is 10.8. The molecule has 1 atom stereocenters. The molecule has 0 aliphatic rings. The van der Waals surface area contributed by atoms with Crippen LogP contribution >= 0.6 is 0 Å². The van der Waals surface area contributed by atoms with Crippen LogP contribution in [0.15, 0.2) is 12.7 Å². The molecule has 0 rings (SSSR count). The van der Waals surface area contributed by atoms with Crippen molar-refractivity contribution >= 4 is 12.2 Å². The van der Waals surface area contributed by atoms with Crippen LogP contribution in [0.2, 0.25) is 0 Å². The SMILES string of the molecule is C=CC(=O)NC([C]=O)CC(OC)OC. The van der Waals surface area contributed by atoms with E-state index in [-0.39, 0.29) is 6.42 Å². The topological polar surface area (TPSA) is 64.6 Å². The van der Waals surface area contributed by atoms with E-state index in [2.05, 4.69) is 11.9 Å². The summed E-state index contributed by atoms with van der Waals surface area (Å²) in [6.45, 7) is 3.26. The van der Waals surface area contributed by atoms with Gasteiger partial charge in [0.1, 0.15) is 6.04 Å². The summed E-state index contributed by atoms with van der Waals surface area (Å²) in [5.41, 5.74) is 0. The van der Waals surface area contributed by atoms with E-state index >= 15 is 0 Å². The van der Waals surface area contributed by atoms with E-state index < -0.39 is 18.2 Å². The summed E-state index contributed by atoms with van der Waals surface area (Å²) in [5.74, 6) is -0.427. The van der Waals surface area contributed by atoms with Crippen molar-refractivity contribution in [2.45, 2.75) is 18.8 Å². The fraction of sp³-hybridized carbons (Fsp3) is 0.556. The van der Waals surface area contributed by atoms with E-state index in [0.29, 0.717) is 0 Å². The number of nitrogens with one attached hydrogen (secondary N) is 1. The number of amides is 1. The highest BCUT2D eigenvalue weighted by atomic mass is 16.7. The number of rotatable bonds is 7. The average Bonchev–Trinajstić information content (AvgIpc) is 2.23. The third-order valence-corrected chi connectivity index (χ3v) is 1.60. The molecule has 14 heavy (non-hydrogen) atoms. The molecule has 79 valence electrons. The van der Waals surface area contributed by atoms with Gasteiger partial charge in [-0.25, -0.2) is 0 Å². The van der Waals surface area contributed by atoms with Gasteiger partial charge in [0.15, 0.2) is 6.29 Å². The second-order valence-corrected chi connectivity index (χ2v) is 2.52. The third kappa shape index (κ3) is 4.74. The number of carbonyl (C=O) groups excluding carboxylic acids is 2. The van der Waals surface area contributed by atoms with Gasteiger partial charge in [0, 0.05) is 20.6 Å². The Morgan fingerprint density at radius 3 is 2.50 bits per heavy atom. The zero-order valence-electron chi connectivity index (χ0n) is 8.28. The van der Waals surface area contributed by atoms with E-state index in [1.807, 2.05) is 0 Å². The van der Waals surface area contributed by atoms with Crippen molar-refractivity contribution in [3.05, 3.63) is 12.7 Å². The van der Waals surface area contributed by atoms with Crippen LogP contribution in [-0.4, -0.2) is 38.7 Å². The van der Waals surface area contributed by atoms with Crippen LogP contribution in [0.1, 0.15) is 6.42 Å². The van der Waals surface area contributed by atoms with Crippen molar-refractivity contribution < 1.29 is 19.1 Å². The number of hydrogen-bond acceptors (Lipinski definition) is 4. The minimum absolute atomic E-state index is 0.218. The summed E-state index contributed by atoms with van der Waals surface area (Å²) in [6, 6.07) is -0.745. The Labute approximate surface area is 83.1 Å². The first-order valence-electron chi connectivity index (χ1n) is 4.04. The second-order valence-electron chi connectivity index (χ2n) is 2.52. The largest absolute Gasteiger partial charge is 0.356 e. The quantitative estimate of drug-likeness (QED) is 0.455. The van der Waals surface area contributed by atoms with Crippen molar-refractivity contribution in [3.8, 4) is 0 Å². The van der Waals surface area contributed by atoms with E-state index in [1.165, 1.54) is 14.2 Å². The lowest BCUT2D eigenvalue weighted by Crippen LogP contribution is -2.38. The van der Waals surface area contributed by atoms with Gasteiger partial charge >= 0.3 is 0 Å². The summed E-state index contributed by atoms with van der Waals surface area (Å²) in [4.78, 5) is 21.3. The Hall–Kier alpha value is -1.20. The molecule has 0 aromatic rings. The molecule has 1 N–H and O–H groups in total. The molecule has 0 heterocycles. The Bertz CT molecular complexity index is 201. The first kappa shape index (κ1) is 12.8. The predicted molar refractivity (Wildman–Crippen MR) is 50.2 cm³/mol. The summed E-state index contributed by atoms with van der Waals surface area (Å²) >= 11 is 0. The first-order valence-corrected chi connectivity index (χ1v) is 4.04. The van der Waals surface area contributed by atoms with Crippen LogP contribution in [0.5, 0.6) is 0 Å². The van der Waals surface area contributed by atoms with Crippen LogP contribution in [0.25, 0.3) is 0 Å². The third-order valence-electron chi connectivity index (χ3n) is 1.60. The van der Waals surface area contributed by atoms with Gasteiger partial charge in [0.05, 0.1) is 0 Å². The molecule has 5 nitrogen and oxygen atoms in total. The summed E-state index contributed by atoms with van der Waals surface area (Å²) < 4.78 is 9.74. The molecule has 5 heteroatoms. The summed E-state index contributed by atoms with van der Waals surface area (Å²) in [5, 5.41) is 2.37. The summed E-state index contributed by atoms with van der Waals surface area (Å²) in [6.07, 6.45) is 2.44. The van der Waals surface area contributed by atoms with Crippen molar-refractivity contribution in [2.24, 2.45) is 0 Å². The van der Waals surface area contributed by atoms with E-state index in [0.717, 1.165) is 6.08 Å². The molecule has 1 radical (unpaired) electrons. The molecule has 0 aliphatic heterocycles. The molecule has 0 aliphatic carbocycles. The second kappa shape index (κ2) is 7.23. The highest BCUT2D eigenvalue weighted by Gasteiger charge is 2.16. The Balaban J connectivity index is 4.06. The van der Waals surface area contributed by atoms with Crippen molar-refractivity contribution in [1.29, 1.82) is 0 Å². The van der Waals surface area contributed by atoms with Gasteiger partial charge in [-0.3, -0.25) is 9.59 Å². The number of methoxy groups -OCH3 is 2. The van der Waals surface area contributed by atoms with Gasteiger partial charge in [-0.1, -0.05) is 6.58 Å². The van der Waals surface area contributed by atoms with Gasteiger partial charge in [0.2, 0.25) is 12.2 Å². The number of ether oxygens (including phenoxy) is 2. The normalized spacial score (nSPS) is 12.2. The average molecular weight is 200 g/mol. The van der Waals surface area contributed by atoms with Crippen molar-refractivity contribution in [1.82, 2.24) is 5.32 Å². The van der Waals surface area contributed by atoms with E-state index in [4.69, 9.17) is 9.47 Å². The predicted octanol–water partition coefficient (Wildman–Crippen LogP) is -0.224. The van der Waals surface area contributed by atoms with Crippen LogP contribution in [0, 0.1) is 0 Å². The Kier molecular flexibility index (Phi) is 6.61. The molecule has 0 bridgehead atoms. The van der Waals surface area contributed by atoms with Gasteiger partial charge in [-0.15, -0.1) is 0 Å². The molecule has 1 unspecified atom stereocenters. The molecule has 0 fully saturated rings. The Morgan fingerprint density at radius 2 is 2.14 bits per heavy atom. The van der Waals surface area contributed by atoms with E-state index in [1.54, 1.807) is 6.29 Å². The standard InChI is InChI=1S/C9H14NO4/c1-4-8(12)10-7(6-11)5-9(13-2)14-3/h4,7,9H,1,5H2,2-3H3,(H,10,12). The highest BCUT2D eigenvalue weighted by molar-refractivity contribution is 5.88. The Morgan fingerprint density at radius 1 is 1.57 bits per heavy atom. The van der Waals surface area contributed by atoms with Crippen LogP contribution in [0.4, 0.5) is 0 Å². The van der Waals surface area contributed by atoms with Gasteiger partial charge in [-0.2, -0.15) is 0 Å². The van der Waals surface area contributed by atoms with Gasteiger partial charge < -0.3 is 14.8 Å². The smallest absolute Gasteiger partial charge is 0.243 e. The molecular formula is C9H14NO4. The maximum absolute atomic E-state index is 10.8. The zero-order valence-corrected chi connectivity index (χ0v) is 8.28. The molecule has 0 aromatic heterocycles. The van der Waals surface area contributed by atoms with Crippen LogP contribution in [0.3, 0.4) is 0 Å². The molecule has 0 spiro atoms. The molecule has 1 amide bonds. The monoisotopic (exact) mass is 200 g/mol. The highest BCUT2D eigenvalue weighted by Crippen LogP contribution is 2.01. The summed E-state index contributed by atoms with van der Waals surface area (Å²) in [7, 11) is 2.90. The van der Waals surface area contributed by atoms with Gasteiger partial charge in [-0.05, 0) is 6.08 Å². The lowest BCUT2D eigenvalue weighted by atomic mass is 10.2. The maximum Gasteiger partial charge on any atom is 0.243 e. The fourth-order valence-corrected chi connectivity index (χ4v) is 0.848. The lowest BCUT2D eigenvalue weighted by molar-refractivity contribution is -0.120. The van der Waals surface area contributed by atoms with E-state index in [9.17, 15) is 9.59 Å². The number of carbonyl (C=O) groups is 1. The van der Waals surface area contributed by atoms with Crippen molar-refractivity contribution in [2.75, 3.05) is 14.2 Å². The lowest BCUT2D eigenvalue weighted by Gasteiger charge is -2.17. The minimum atomic E-state index is -0.745. The number of hydrogen-bond donors (Lipinski definition) is 1. The fourth-order valence-electron chi connectivity index (χ4n) is 0.848. The molecule has 0 saturated heterocycles. The molecule has 0 aromatic carbocycles. The first-order chi connectivity index (χ1) is 6.67. The van der Waals surface area contributed by atoms with Crippen molar-refractivity contribution in [3.63, 3.8) is 0 Å². The molecular weight excluding hydrogens is 186 g/mol. The van der Waals surface area contributed by atoms with Crippen LogP contribution < -0.4 is 5.32 Å².